The summed E-state index contributed by atoms with van der Waals surface area (Å²) >= 11 is 0. The largest absolute Gasteiger partial charge is 0.496 e. The highest BCUT2D eigenvalue weighted by Crippen LogP contribution is 2.50. The van der Waals surface area contributed by atoms with Gasteiger partial charge in [-0.3, -0.25) is 4.79 Å². The summed E-state index contributed by atoms with van der Waals surface area (Å²) in [6.45, 7) is 1.04. The van der Waals surface area contributed by atoms with Crippen LogP contribution in [0.15, 0.2) is 12.1 Å². The lowest BCUT2D eigenvalue weighted by molar-refractivity contribution is -0.147. The van der Waals surface area contributed by atoms with Gasteiger partial charge in [-0.15, -0.1) is 0 Å². The molecule has 3 rings (SSSR count). The molecular weight excluding hydrogens is 254 g/mol. The van der Waals surface area contributed by atoms with E-state index in [9.17, 15) is 9.90 Å². The van der Waals surface area contributed by atoms with Gasteiger partial charge >= 0.3 is 5.97 Å². The van der Waals surface area contributed by atoms with Crippen LogP contribution < -0.4 is 9.64 Å². The summed E-state index contributed by atoms with van der Waals surface area (Å²) in [6.07, 6.45) is 4.46. The van der Waals surface area contributed by atoms with E-state index in [4.69, 9.17) is 4.74 Å². The molecule has 0 unspecified atom stereocenters. The van der Waals surface area contributed by atoms with Crippen LogP contribution in [-0.2, 0) is 16.6 Å². The van der Waals surface area contributed by atoms with Crippen molar-refractivity contribution in [3.05, 3.63) is 23.3 Å². The Bertz CT molecular complexity index is 549. The van der Waals surface area contributed by atoms with E-state index in [2.05, 4.69) is 18.0 Å². The maximum absolute atomic E-state index is 11.7. The number of methoxy groups -OCH3 is 1. The number of nitrogens with zero attached hydrogens (tertiary/aromatic N) is 1. The summed E-state index contributed by atoms with van der Waals surface area (Å²) in [4.78, 5) is 14.0. The molecule has 4 nitrogen and oxygen atoms in total. The van der Waals surface area contributed by atoms with Crippen molar-refractivity contribution in [1.29, 1.82) is 0 Å². The fourth-order valence-electron chi connectivity index (χ4n) is 3.57. The van der Waals surface area contributed by atoms with Crippen LogP contribution in [0.25, 0.3) is 0 Å². The average molecular weight is 275 g/mol. The molecule has 0 atom stereocenters. The van der Waals surface area contributed by atoms with Gasteiger partial charge in [-0.2, -0.15) is 0 Å². The fraction of sp³-hybridized carbons (Fsp3) is 0.562. The molecule has 0 bridgehead atoms. The highest BCUT2D eigenvalue weighted by Gasteiger charge is 2.48. The molecule has 1 aromatic rings. The van der Waals surface area contributed by atoms with Gasteiger partial charge in [-0.25, -0.2) is 0 Å². The predicted molar refractivity (Wildman–Crippen MR) is 77.7 cm³/mol. The van der Waals surface area contributed by atoms with Gasteiger partial charge in [-0.1, -0.05) is 12.5 Å². The maximum atomic E-state index is 11.7. The van der Waals surface area contributed by atoms with Crippen LogP contribution in [0.2, 0.25) is 0 Å². The van der Waals surface area contributed by atoms with E-state index in [-0.39, 0.29) is 0 Å². The van der Waals surface area contributed by atoms with Crippen LogP contribution in [0.5, 0.6) is 5.75 Å². The second-order valence-corrected chi connectivity index (χ2v) is 5.91. The molecule has 1 N–H and O–H groups in total. The average Bonchev–Trinajstić information content (AvgIpc) is 2.37. The number of carboxylic acid groups (broad SMARTS) is 1. The van der Waals surface area contributed by atoms with Gasteiger partial charge in [0.2, 0.25) is 0 Å². The van der Waals surface area contributed by atoms with E-state index in [1.54, 1.807) is 7.11 Å². The molecule has 0 saturated heterocycles. The molecule has 1 saturated carbocycles. The van der Waals surface area contributed by atoms with E-state index in [0.29, 0.717) is 12.8 Å². The Kier molecular flexibility index (Phi) is 3.11. The Balaban J connectivity index is 2.15. The van der Waals surface area contributed by atoms with Crippen molar-refractivity contribution in [3.63, 3.8) is 0 Å². The van der Waals surface area contributed by atoms with Crippen LogP contribution in [0.3, 0.4) is 0 Å². The molecule has 0 aromatic heterocycles. The molecule has 1 fully saturated rings. The van der Waals surface area contributed by atoms with E-state index in [1.165, 1.54) is 11.3 Å². The minimum absolute atomic E-state index is 0.716. The normalized spacial score (nSPS) is 20.0. The first-order valence-corrected chi connectivity index (χ1v) is 7.25. The molecule has 1 aliphatic carbocycles. The molecule has 2 aliphatic rings. The number of hydrogen-bond acceptors (Lipinski definition) is 3. The molecule has 4 heteroatoms. The van der Waals surface area contributed by atoms with Crippen molar-refractivity contribution in [2.24, 2.45) is 0 Å². The molecular formula is C16H21NO3. The summed E-state index contributed by atoms with van der Waals surface area (Å²) in [5.41, 5.74) is 2.49. The van der Waals surface area contributed by atoms with E-state index in [1.807, 2.05) is 6.07 Å². The van der Waals surface area contributed by atoms with Crippen molar-refractivity contribution in [3.8, 4) is 5.75 Å². The van der Waals surface area contributed by atoms with Crippen LogP contribution in [0.4, 0.5) is 5.69 Å². The van der Waals surface area contributed by atoms with E-state index in [0.717, 1.165) is 37.1 Å². The van der Waals surface area contributed by atoms with Gasteiger partial charge in [0, 0.05) is 30.4 Å². The third-order valence-electron chi connectivity index (χ3n) is 4.90. The van der Waals surface area contributed by atoms with Gasteiger partial charge in [0.25, 0.3) is 0 Å². The molecule has 1 heterocycles. The predicted octanol–water partition coefficient (Wildman–Crippen LogP) is 2.58. The zero-order chi connectivity index (χ0) is 14.3. The van der Waals surface area contributed by atoms with E-state index < -0.39 is 11.4 Å². The number of carbonyl (C=O) groups is 1. The SMILES string of the molecule is COc1c(C2(C(=O)O)CCC2)ccc2c1CCCN2C. The van der Waals surface area contributed by atoms with Crippen LogP contribution >= 0.6 is 0 Å². The number of aliphatic carboxylic acids is 1. The number of benzene rings is 1. The minimum atomic E-state index is -0.726. The first kappa shape index (κ1) is 13.3. The summed E-state index contributed by atoms with van der Waals surface area (Å²) in [7, 11) is 3.73. The monoisotopic (exact) mass is 275 g/mol. The van der Waals surface area contributed by atoms with Crippen LogP contribution in [0.1, 0.15) is 36.8 Å². The number of carboxylic acids is 1. The summed E-state index contributed by atoms with van der Waals surface area (Å²) in [5, 5.41) is 9.65. The van der Waals surface area contributed by atoms with Gasteiger partial charge in [0.1, 0.15) is 5.75 Å². The number of ether oxygens (including phenoxy) is 1. The fourth-order valence-corrected chi connectivity index (χ4v) is 3.57. The molecule has 1 aromatic carbocycles. The summed E-state index contributed by atoms with van der Waals surface area (Å²) in [5.74, 6) is 0.0855. The standard InChI is InChI=1S/C16H21NO3/c1-17-10-3-5-11-13(17)7-6-12(14(11)20-2)16(15(18)19)8-4-9-16/h6-7H,3-5,8-10H2,1-2H3,(H,18,19). The van der Waals surface area contributed by atoms with Gasteiger partial charge < -0.3 is 14.7 Å². The first-order valence-electron chi connectivity index (χ1n) is 7.25. The second kappa shape index (κ2) is 4.69. The number of fused-ring (bicyclic) bond motifs is 1. The minimum Gasteiger partial charge on any atom is -0.496 e. The summed E-state index contributed by atoms with van der Waals surface area (Å²) < 4.78 is 5.63. The lowest BCUT2D eigenvalue weighted by atomic mass is 9.63. The number of rotatable bonds is 3. The third-order valence-corrected chi connectivity index (χ3v) is 4.90. The van der Waals surface area contributed by atoms with Crippen LogP contribution in [-0.4, -0.2) is 31.8 Å². The first-order chi connectivity index (χ1) is 9.60. The smallest absolute Gasteiger partial charge is 0.314 e. The van der Waals surface area contributed by atoms with Crippen molar-refractivity contribution in [1.82, 2.24) is 0 Å². The zero-order valence-electron chi connectivity index (χ0n) is 12.1. The quantitative estimate of drug-likeness (QED) is 0.921. The molecule has 20 heavy (non-hydrogen) atoms. The topological polar surface area (TPSA) is 49.8 Å². The Morgan fingerprint density at radius 3 is 2.65 bits per heavy atom. The second-order valence-electron chi connectivity index (χ2n) is 5.91. The Labute approximate surface area is 119 Å². The van der Waals surface area contributed by atoms with Gasteiger partial charge in [-0.05, 0) is 31.7 Å². The lowest BCUT2D eigenvalue weighted by Gasteiger charge is -2.40. The molecule has 1 aliphatic heterocycles. The maximum Gasteiger partial charge on any atom is 0.314 e. The molecule has 0 radical (unpaired) electrons. The molecule has 108 valence electrons. The van der Waals surface area contributed by atoms with Crippen molar-refractivity contribution < 1.29 is 14.6 Å². The Morgan fingerprint density at radius 2 is 2.10 bits per heavy atom. The van der Waals surface area contributed by atoms with Crippen molar-refractivity contribution in [2.75, 3.05) is 25.6 Å². The van der Waals surface area contributed by atoms with Crippen molar-refractivity contribution in [2.45, 2.75) is 37.5 Å². The highest BCUT2D eigenvalue weighted by atomic mass is 16.5. The summed E-state index contributed by atoms with van der Waals surface area (Å²) in [6, 6.07) is 4.03. The highest BCUT2D eigenvalue weighted by molar-refractivity contribution is 5.85. The Hall–Kier alpha value is -1.71. The Morgan fingerprint density at radius 1 is 1.35 bits per heavy atom. The van der Waals surface area contributed by atoms with E-state index >= 15 is 0 Å². The third kappa shape index (κ3) is 1.70. The number of anilines is 1. The molecule has 0 spiro atoms. The number of hydrogen-bond donors (Lipinski definition) is 1. The lowest BCUT2D eigenvalue weighted by Crippen LogP contribution is -2.43. The van der Waals surface area contributed by atoms with Gasteiger partial charge in [0.15, 0.2) is 0 Å². The molecule has 0 amide bonds. The van der Waals surface area contributed by atoms with Gasteiger partial charge in [0.05, 0.1) is 12.5 Å². The zero-order valence-corrected chi connectivity index (χ0v) is 12.1. The van der Waals surface area contributed by atoms with Crippen molar-refractivity contribution >= 4 is 11.7 Å². The van der Waals surface area contributed by atoms with Crippen LogP contribution in [0, 0.1) is 0 Å².